The predicted octanol–water partition coefficient (Wildman–Crippen LogP) is 3.82. The highest BCUT2D eigenvalue weighted by Crippen LogP contribution is 2.18. The van der Waals surface area contributed by atoms with E-state index in [9.17, 15) is 9.59 Å². The molecule has 0 fully saturated rings. The predicted molar refractivity (Wildman–Crippen MR) is 113 cm³/mol. The van der Waals surface area contributed by atoms with Crippen LogP contribution in [0.1, 0.15) is 32.6 Å². The summed E-state index contributed by atoms with van der Waals surface area (Å²) in [6, 6.07) is 13.7. The van der Waals surface area contributed by atoms with Gasteiger partial charge in [0.25, 0.3) is 11.8 Å². The summed E-state index contributed by atoms with van der Waals surface area (Å²) in [5.74, 6) is 0.188. The molecule has 0 atom stereocenters. The Hall–Kier alpha value is -2.97. The maximum absolute atomic E-state index is 12.3. The van der Waals surface area contributed by atoms with Crippen LogP contribution in [0.3, 0.4) is 0 Å². The zero-order valence-electron chi connectivity index (χ0n) is 15.6. The normalized spacial score (nSPS) is 10.4. The summed E-state index contributed by atoms with van der Waals surface area (Å²) in [6.45, 7) is 2.85. The standard InChI is InChI=1S/C20H19ClN4O3S/c1-2-28-14-9-7-13(8-10-14)18(26)23-20-25-24-17(29-20)11-12-22-19(27)15-5-3-4-6-16(15)21/h3-10H,2,11-12H2,1H3,(H,22,27)(H,23,25,26). The van der Waals surface area contributed by atoms with Crippen LogP contribution >= 0.6 is 22.9 Å². The molecule has 0 aliphatic heterocycles. The van der Waals surface area contributed by atoms with Crippen molar-refractivity contribution in [3.63, 3.8) is 0 Å². The average molecular weight is 431 g/mol. The maximum atomic E-state index is 12.3. The zero-order chi connectivity index (χ0) is 20.6. The molecule has 0 saturated heterocycles. The fourth-order valence-electron chi connectivity index (χ4n) is 2.47. The van der Waals surface area contributed by atoms with E-state index in [0.717, 1.165) is 0 Å². The number of halogens is 1. The molecule has 0 saturated carbocycles. The van der Waals surface area contributed by atoms with Crippen LogP contribution in [0.4, 0.5) is 5.13 Å². The van der Waals surface area contributed by atoms with Gasteiger partial charge in [-0.1, -0.05) is 35.1 Å². The highest BCUT2D eigenvalue weighted by molar-refractivity contribution is 7.15. The van der Waals surface area contributed by atoms with Gasteiger partial charge in [0.2, 0.25) is 5.13 Å². The lowest BCUT2D eigenvalue weighted by Gasteiger charge is -2.05. The van der Waals surface area contributed by atoms with Gasteiger partial charge in [0.15, 0.2) is 0 Å². The number of carbonyl (C=O) groups excluding carboxylic acids is 2. The number of carbonyl (C=O) groups is 2. The number of nitrogens with one attached hydrogen (secondary N) is 2. The third-order valence-electron chi connectivity index (χ3n) is 3.86. The van der Waals surface area contributed by atoms with Crippen LogP contribution in [0, 0.1) is 0 Å². The van der Waals surface area contributed by atoms with Crippen LogP contribution in [-0.4, -0.2) is 35.2 Å². The van der Waals surface area contributed by atoms with Crippen molar-refractivity contribution in [3.05, 3.63) is 69.7 Å². The number of nitrogens with zero attached hydrogens (tertiary/aromatic N) is 2. The lowest BCUT2D eigenvalue weighted by atomic mass is 10.2. The maximum Gasteiger partial charge on any atom is 0.257 e. The van der Waals surface area contributed by atoms with Gasteiger partial charge in [-0.2, -0.15) is 0 Å². The molecule has 29 heavy (non-hydrogen) atoms. The summed E-state index contributed by atoms with van der Waals surface area (Å²) in [5.41, 5.74) is 0.923. The Kier molecular flexibility index (Phi) is 7.15. The molecule has 2 amide bonds. The Morgan fingerprint density at radius 3 is 2.55 bits per heavy atom. The van der Waals surface area contributed by atoms with E-state index in [1.165, 1.54) is 11.3 Å². The summed E-state index contributed by atoms with van der Waals surface area (Å²) in [7, 11) is 0. The molecule has 1 aromatic heterocycles. The Morgan fingerprint density at radius 2 is 1.83 bits per heavy atom. The molecule has 0 aliphatic rings. The van der Waals surface area contributed by atoms with Crippen molar-refractivity contribution >= 4 is 39.9 Å². The average Bonchev–Trinajstić information content (AvgIpc) is 3.16. The zero-order valence-corrected chi connectivity index (χ0v) is 17.2. The minimum Gasteiger partial charge on any atom is -0.494 e. The number of anilines is 1. The fourth-order valence-corrected chi connectivity index (χ4v) is 3.42. The SMILES string of the molecule is CCOc1ccc(C(=O)Nc2nnc(CCNC(=O)c3ccccc3Cl)s2)cc1. The van der Waals surface area contributed by atoms with Crippen LogP contribution in [0.2, 0.25) is 5.02 Å². The molecule has 1 heterocycles. The van der Waals surface area contributed by atoms with Gasteiger partial charge in [0.05, 0.1) is 17.2 Å². The van der Waals surface area contributed by atoms with Crippen molar-refractivity contribution in [2.24, 2.45) is 0 Å². The van der Waals surface area contributed by atoms with E-state index in [1.807, 2.05) is 6.92 Å². The molecule has 2 aromatic carbocycles. The molecule has 3 aromatic rings. The van der Waals surface area contributed by atoms with Gasteiger partial charge in [-0.15, -0.1) is 10.2 Å². The Balaban J connectivity index is 1.49. The summed E-state index contributed by atoms with van der Waals surface area (Å²) >= 11 is 7.27. The van der Waals surface area contributed by atoms with E-state index in [2.05, 4.69) is 20.8 Å². The Labute approximate surface area is 177 Å². The monoisotopic (exact) mass is 430 g/mol. The summed E-state index contributed by atoms with van der Waals surface area (Å²) < 4.78 is 5.36. The van der Waals surface area contributed by atoms with E-state index < -0.39 is 0 Å². The van der Waals surface area contributed by atoms with Crippen LogP contribution < -0.4 is 15.4 Å². The first-order valence-corrected chi connectivity index (χ1v) is 10.2. The number of ether oxygens (including phenoxy) is 1. The number of aromatic nitrogens is 2. The highest BCUT2D eigenvalue weighted by Gasteiger charge is 2.12. The summed E-state index contributed by atoms with van der Waals surface area (Å²) in [5, 5.41) is 15.0. The summed E-state index contributed by atoms with van der Waals surface area (Å²) in [4.78, 5) is 24.4. The van der Waals surface area contributed by atoms with Gasteiger partial charge in [-0.3, -0.25) is 14.9 Å². The second kappa shape index (κ2) is 9.99. The Morgan fingerprint density at radius 1 is 1.07 bits per heavy atom. The molecule has 0 spiro atoms. The molecule has 0 aliphatic carbocycles. The first-order valence-electron chi connectivity index (χ1n) is 8.96. The number of amides is 2. The van der Waals surface area contributed by atoms with Crippen molar-refractivity contribution < 1.29 is 14.3 Å². The van der Waals surface area contributed by atoms with Gasteiger partial charge in [-0.05, 0) is 43.3 Å². The molecule has 0 bridgehead atoms. The third-order valence-corrected chi connectivity index (χ3v) is 5.09. The van der Waals surface area contributed by atoms with Crippen molar-refractivity contribution in [3.8, 4) is 5.75 Å². The number of rotatable bonds is 8. The third kappa shape index (κ3) is 5.75. The smallest absolute Gasteiger partial charge is 0.257 e. The van der Waals surface area contributed by atoms with Crippen molar-refractivity contribution in [1.29, 1.82) is 0 Å². The Bertz CT molecular complexity index is 991. The fraction of sp³-hybridized carbons (Fsp3) is 0.200. The molecular weight excluding hydrogens is 412 g/mol. The van der Waals surface area contributed by atoms with E-state index in [4.69, 9.17) is 16.3 Å². The highest BCUT2D eigenvalue weighted by atomic mass is 35.5. The number of hydrogen-bond donors (Lipinski definition) is 2. The van der Waals surface area contributed by atoms with Gasteiger partial charge >= 0.3 is 0 Å². The minimum atomic E-state index is -0.275. The van der Waals surface area contributed by atoms with Crippen LogP contribution in [0.15, 0.2) is 48.5 Å². The van der Waals surface area contributed by atoms with Gasteiger partial charge < -0.3 is 10.1 Å². The summed E-state index contributed by atoms with van der Waals surface area (Å²) in [6.07, 6.45) is 0.493. The first kappa shape index (κ1) is 20.8. The van der Waals surface area contributed by atoms with E-state index in [0.29, 0.717) is 51.6 Å². The van der Waals surface area contributed by atoms with Gasteiger partial charge in [0, 0.05) is 18.5 Å². The van der Waals surface area contributed by atoms with Crippen LogP contribution in [0.25, 0.3) is 0 Å². The van der Waals surface area contributed by atoms with Gasteiger partial charge in [-0.25, -0.2) is 0 Å². The van der Waals surface area contributed by atoms with E-state index in [-0.39, 0.29) is 11.8 Å². The number of benzene rings is 2. The molecule has 9 heteroatoms. The second-order valence-electron chi connectivity index (χ2n) is 5.90. The second-order valence-corrected chi connectivity index (χ2v) is 7.37. The molecular formula is C20H19ClN4O3S. The van der Waals surface area contributed by atoms with Crippen molar-refractivity contribution in [2.75, 3.05) is 18.5 Å². The number of hydrogen-bond acceptors (Lipinski definition) is 6. The molecule has 150 valence electrons. The van der Waals surface area contributed by atoms with Crippen molar-refractivity contribution in [1.82, 2.24) is 15.5 Å². The van der Waals surface area contributed by atoms with Crippen LogP contribution in [0.5, 0.6) is 5.75 Å². The lowest BCUT2D eigenvalue weighted by Crippen LogP contribution is -2.25. The largest absolute Gasteiger partial charge is 0.494 e. The molecule has 3 rings (SSSR count). The minimum absolute atomic E-state index is 0.246. The molecule has 0 unspecified atom stereocenters. The quantitative estimate of drug-likeness (QED) is 0.566. The first-order chi connectivity index (χ1) is 14.1. The lowest BCUT2D eigenvalue weighted by molar-refractivity contribution is 0.0953. The molecule has 2 N–H and O–H groups in total. The van der Waals surface area contributed by atoms with Crippen LogP contribution in [-0.2, 0) is 6.42 Å². The van der Waals surface area contributed by atoms with E-state index >= 15 is 0 Å². The van der Waals surface area contributed by atoms with Gasteiger partial charge in [0.1, 0.15) is 10.8 Å². The molecule has 7 nitrogen and oxygen atoms in total. The topological polar surface area (TPSA) is 93.2 Å². The van der Waals surface area contributed by atoms with E-state index in [1.54, 1.807) is 48.5 Å². The molecule has 0 radical (unpaired) electrons. The van der Waals surface area contributed by atoms with Crippen molar-refractivity contribution in [2.45, 2.75) is 13.3 Å².